The van der Waals surface area contributed by atoms with E-state index in [1.807, 2.05) is 78.1 Å². The summed E-state index contributed by atoms with van der Waals surface area (Å²) in [5.74, 6) is 2.87. The number of esters is 1. The van der Waals surface area contributed by atoms with Gasteiger partial charge in [-0.2, -0.15) is 0 Å². The predicted octanol–water partition coefficient (Wildman–Crippen LogP) is 5.35. The highest BCUT2D eigenvalue weighted by Crippen LogP contribution is 2.45. The number of hydrogen-bond acceptors (Lipinski definition) is 6. The summed E-state index contributed by atoms with van der Waals surface area (Å²) in [6.07, 6.45) is 0. The van der Waals surface area contributed by atoms with Gasteiger partial charge < -0.3 is 9.26 Å². The Bertz CT molecular complexity index is 901. The molecule has 6 heteroatoms. The lowest BCUT2D eigenvalue weighted by atomic mass is 10.1. The lowest BCUT2D eigenvalue weighted by Gasteiger charge is -2.09. The van der Waals surface area contributed by atoms with Gasteiger partial charge >= 0.3 is 5.97 Å². The fourth-order valence-electron chi connectivity index (χ4n) is 2.81. The number of ether oxygens (including phenoxy) is 1. The first-order chi connectivity index (χ1) is 12.7. The highest BCUT2D eigenvalue weighted by molar-refractivity contribution is 8.19. The fraction of sp³-hybridized carbons (Fsp3) is 0.200. The smallest absolute Gasteiger partial charge is 0.349 e. The van der Waals surface area contributed by atoms with E-state index in [-0.39, 0.29) is 0 Å². The third-order valence-corrected chi connectivity index (χ3v) is 7.20. The van der Waals surface area contributed by atoms with Crippen LogP contribution in [0, 0.1) is 6.92 Å². The average molecular weight is 383 g/mol. The van der Waals surface area contributed by atoms with Gasteiger partial charge in [0, 0.05) is 17.1 Å². The zero-order valence-electron chi connectivity index (χ0n) is 14.2. The van der Waals surface area contributed by atoms with Gasteiger partial charge in [-0.25, -0.2) is 4.79 Å². The van der Waals surface area contributed by atoms with Gasteiger partial charge in [0.15, 0.2) is 0 Å². The van der Waals surface area contributed by atoms with Crippen LogP contribution in [-0.4, -0.2) is 22.6 Å². The third kappa shape index (κ3) is 3.52. The number of carbonyl (C=O) groups excluding carboxylic acids is 1. The molecule has 0 radical (unpaired) electrons. The van der Waals surface area contributed by atoms with Gasteiger partial charge in [0.1, 0.15) is 22.8 Å². The topological polar surface area (TPSA) is 52.3 Å². The predicted molar refractivity (Wildman–Crippen MR) is 106 cm³/mol. The molecule has 132 valence electrons. The van der Waals surface area contributed by atoms with E-state index in [2.05, 4.69) is 5.16 Å². The van der Waals surface area contributed by atoms with Crippen LogP contribution < -0.4 is 4.74 Å². The summed E-state index contributed by atoms with van der Waals surface area (Å²) < 4.78 is 11.3. The molecule has 4 rings (SSSR count). The summed E-state index contributed by atoms with van der Waals surface area (Å²) in [4.78, 5) is 12.7. The number of thioether (sulfide) groups is 2. The highest BCUT2D eigenvalue weighted by atomic mass is 32.2. The first kappa shape index (κ1) is 17.2. The molecule has 0 amide bonds. The van der Waals surface area contributed by atoms with Gasteiger partial charge in [0.05, 0.1) is 4.58 Å². The highest BCUT2D eigenvalue weighted by Gasteiger charge is 2.24. The van der Waals surface area contributed by atoms with Crippen molar-refractivity contribution in [2.45, 2.75) is 11.5 Å². The van der Waals surface area contributed by atoms with E-state index in [1.165, 1.54) is 17.1 Å². The molecule has 1 aliphatic heterocycles. The summed E-state index contributed by atoms with van der Waals surface area (Å²) in [6.45, 7) is 1.72. The van der Waals surface area contributed by atoms with Gasteiger partial charge in [0.2, 0.25) is 0 Å². The van der Waals surface area contributed by atoms with Crippen molar-refractivity contribution in [1.82, 2.24) is 5.16 Å². The summed E-state index contributed by atoms with van der Waals surface area (Å²) in [5, 5.41) is 4.03. The molecule has 26 heavy (non-hydrogen) atoms. The van der Waals surface area contributed by atoms with E-state index in [0.717, 1.165) is 5.56 Å². The van der Waals surface area contributed by atoms with Crippen LogP contribution >= 0.6 is 23.5 Å². The molecular formula is C20H17NO3S2. The minimum absolute atomic E-state index is 0.363. The Morgan fingerprint density at radius 3 is 2.46 bits per heavy atom. The first-order valence-corrected chi connectivity index (χ1v) is 10.4. The van der Waals surface area contributed by atoms with Gasteiger partial charge in [-0.05, 0) is 24.6 Å². The standard InChI is InChI=1S/C20H17NO3S2/c1-13-17(18(21-24-13)14-5-3-2-4-6-14)19(22)23-16-9-7-15(8-10-16)20-25-11-12-26-20/h2-10,20H,11-12H2,1H3. The first-order valence-electron chi connectivity index (χ1n) is 8.29. The Hall–Kier alpha value is -2.18. The molecule has 0 N–H and O–H groups in total. The minimum Gasteiger partial charge on any atom is -0.423 e. The Balaban J connectivity index is 1.54. The van der Waals surface area contributed by atoms with Crippen LogP contribution in [0.1, 0.15) is 26.3 Å². The summed E-state index contributed by atoms with van der Waals surface area (Å²) in [7, 11) is 0. The molecule has 0 saturated carbocycles. The molecule has 3 aromatic rings. The number of carbonyl (C=O) groups is 1. The van der Waals surface area contributed by atoms with Crippen molar-refractivity contribution in [2.24, 2.45) is 0 Å². The van der Waals surface area contributed by atoms with Crippen molar-refractivity contribution in [3.05, 3.63) is 71.5 Å². The number of rotatable bonds is 4. The van der Waals surface area contributed by atoms with Gasteiger partial charge in [-0.3, -0.25) is 0 Å². The van der Waals surface area contributed by atoms with E-state index in [0.29, 0.717) is 27.3 Å². The van der Waals surface area contributed by atoms with E-state index >= 15 is 0 Å². The zero-order chi connectivity index (χ0) is 17.9. The average Bonchev–Trinajstić information content (AvgIpc) is 3.33. The number of aromatic nitrogens is 1. The molecule has 0 bridgehead atoms. The lowest BCUT2D eigenvalue weighted by Crippen LogP contribution is -2.10. The Morgan fingerprint density at radius 1 is 1.08 bits per heavy atom. The quantitative estimate of drug-likeness (QED) is 0.447. The van der Waals surface area contributed by atoms with E-state index < -0.39 is 5.97 Å². The number of nitrogens with zero attached hydrogens (tertiary/aromatic N) is 1. The van der Waals surface area contributed by atoms with Crippen molar-refractivity contribution in [2.75, 3.05) is 11.5 Å². The van der Waals surface area contributed by atoms with Gasteiger partial charge in [0.25, 0.3) is 0 Å². The third-order valence-electron chi connectivity index (χ3n) is 4.10. The molecule has 1 aliphatic rings. The second kappa shape index (κ2) is 7.60. The second-order valence-electron chi connectivity index (χ2n) is 5.86. The molecule has 1 saturated heterocycles. The van der Waals surface area contributed by atoms with Crippen molar-refractivity contribution < 1.29 is 14.1 Å². The van der Waals surface area contributed by atoms with Crippen LogP contribution in [0.15, 0.2) is 59.1 Å². The Labute approximate surface area is 160 Å². The number of hydrogen-bond donors (Lipinski definition) is 0. The number of benzene rings is 2. The van der Waals surface area contributed by atoms with Crippen LogP contribution in [0.2, 0.25) is 0 Å². The maximum absolute atomic E-state index is 12.7. The van der Waals surface area contributed by atoms with Crippen LogP contribution in [-0.2, 0) is 0 Å². The molecule has 4 nitrogen and oxygen atoms in total. The molecule has 2 heterocycles. The molecule has 1 aromatic heterocycles. The van der Waals surface area contributed by atoms with Crippen molar-refractivity contribution in [3.63, 3.8) is 0 Å². The molecular weight excluding hydrogens is 366 g/mol. The molecule has 0 aliphatic carbocycles. The van der Waals surface area contributed by atoms with Gasteiger partial charge in [-0.1, -0.05) is 47.6 Å². The van der Waals surface area contributed by atoms with Crippen LogP contribution in [0.5, 0.6) is 5.75 Å². The molecule has 0 atom stereocenters. The molecule has 0 spiro atoms. The molecule has 1 fully saturated rings. The SMILES string of the molecule is Cc1onc(-c2ccccc2)c1C(=O)Oc1ccc(C2SCCS2)cc1. The summed E-state index contributed by atoms with van der Waals surface area (Å²) in [6, 6.07) is 17.2. The fourth-order valence-corrected chi connectivity index (χ4v) is 5.67. The van der Waals surface area contributed by atoms with Crippen LogP contribution in [0.3, 0.4) is 0 Å². The molecule has 2 aromatic carbocycles. The monoisotopic (exact) mass is 383 g/mol. The Kier molecular flexibility index (Phi) is 5.04. The summed E-state index contributed by atoms with van der Waals surface area (Å²) >= 11 is 3.90. The van der Waals surface area contributed by atoms with E-state index in [9.17, 15) is 4.79 Å². The van der Waals surface area contributed by atoms with Crippen molar-refractivity contribution in [3.8, 4) is 17.0 Å². The van der Waals surface area contributed by atoms with Crippen LogP contribution in [0.25, 0.3) is 11.3 Å². The largest absolute Gasteiger partial charge is 0.423 e. The lowest BCUT2D eigenvalue weighted by molar-refractivity contribution is 0.0733. The maximum Gasteiger partial charge on any atom is 0.349 e. The Morgan fingerprint density at radius 2 is 1.77 bits per heavy atom. The normalized spacial score (nSPS) is 14.5. The molecule has 0 unspecified atom stereocenters. The maximum atomic E-state index is 12.7. The zero-order valence-corrected chi connectivity index (χ0v) is 15.8. The summed E-state index contributed by atoms with van der Waals surface area (Å²) in [5.41, 5.74) is 2.94. The number of aryl methyl sites for hydroxylation is 1. The van der Waals surface area contributed by atoms with E-state index in [1.54, 1.807) is 6.92 Å². The second-order valence-corrected chi connectivity index (χ2v) is 8.58. The van der Waals surface area contributed by atoms with E-state index in [4.69, 9.17) is 9.26 Å². The van der Waals surface area contributed by atoms with Crippen LogP contribution in [0.4, 0.5) is 0 Å². The van der Waals surface area contributed by atoms with Gasteiger partial charge in [-0.15, -0.1) is 23.5 Å². The minimum atomic E-state index is -0.458. The van der Waals surface area contributed by atoms with Crippen molar-refractivity contribution >= 4 is 29.5 Å². The van der Waals surface area contributed by atoms with Crippen molar-refractivity contribution in [1.29, 1.82) is 0 Å².